The summed E-state index contributed by atoms with van der Waals surface area (Å²) in [6.07, 6.45) is 0.785. The Morgan fingerprint density at radius 1 is 1.82 bits per heavy atom. The van der Waals surface area contributed by atoms with E-state index in [0.717, 1.165) is 6.42 Å². The summed E-state index contributed by atoms with van der Waals surface area (Å²) in [6.45, 7) is 0.295. The molecule has 0 bridgehead atoms. The van der Waals surface area contributed by atoms with Crippen LogP contribution in [0.4, 0.5) is 0 Å². The van der Waals surface area contributed by atoms with Crippen molar-refractivity contribution < 1.29 is 9.53 Å². The lowest BCUT2D eigenvalue weighted by Crippen LogP contribution is -2.15. The molecule has 5 nitrogen and oxygen atoms in total. The summed E-state index contributed by atoms with van der Waals surface area (Å²) >= 11 is 0. The zero-order valence-corrected chi connectivity index (χ0v) is 5.80. The Kier molecular flexibility index (Phi) is 1.26. The Morgan fingerprint density at radius 3 is 3.09 bits per heavy atom. The number of esters is 1. The highest BCUT2D eigenvalue weighted by atomic mass is 16.6. The lowest BCUT2D eigenvalue weighted by Gasteiger charge is -2.07. The molecule has 0 aromatic heterocycles. The molecule has 0 unspecified atom stereocenters. The first-order valence-electron chi connectivity index (χ1n) is 3.54. The number of hydrogen-bond acceptors (Lipinski definition) is 3. The second-order valence-corrected chi connectivity index (χ2v) is 2.89. The quantitative estimate of drug-likeness (QED) is 0.255. The molecule has 5 heteroatoms. The fraction of sp³-hybridized carbons (Fsp3) is 0.833. The minimum absolute atomic E-state index is 0.117. The Bertz CT molecular complexity index is 246. The Morgan fingerprint density at radius 2 is 2.64 bits per heavy atom. The van der Waals surface area contributed by atoms with Crippen LogP contribution in [0.1, 0.15) is 6.42 Å². The molecular weight excluding hydrogens is 146 g/mol. The summed E-state index contributed by atoms with van der Waals surface area (Å²) < 4.78 is 4.92. The number of carbonyl (C=O) groups excluding carboxylic acids is 1. The molecule has 0 aromatic rings. The molecule has 0 spiro atoms. The van der Waals surface area contributed by atoms with E-state index in [1.165, 1.54) is 0 Å². The summed E-state index contributed by atoms with van der Waals surface area (Å²) in [5, 5.41) is 3.37. The van der Waals surface area contributed by atoms with Gasteiger partial charge < -0.3 is 4.74 Å². The number of hydrogen-bond donors (Lipinski definition) is 0. The topological polar surface area (TPSA) is 75.1 Å². The Balaban J connectivity index is 1.97. The zero-order chi connectivity index (χ0) is 7.84. The van der Waals surface area contributed by atoms with Crippen LogP contribution in [0.3, 0.4) is 0 Å². The molecule has 0 aromatic carbocycles. The number of cyclic esters (lactones) is 1. The van der Waals surface area contributed by atoms with Crippen molar-refractivity contribution in [2.45, 2.75) is 12.5 Å². The zero-order valence-electron chi connectivity index (χ0n) is 5.80. The summed E-state index contributed by atoms with van der Waals surface area (Å²) in [5.41, 5.74) is 8.01. The predicted octanol–water partition coefficient (Wildman–Crippen LogP) is 0.858. The van der Waals surface area contributed by atoms with Crippen LogP contribution in [-0.4, -0.2) is 18.6 Å². The summed E-state index contributed by atoms with van der Waals surface area (Å²) in [5.74, 6) is 0.343. The third-order valence-corrected chi connectivity index (χ3v) is 2.21. The molecule has 58 valence electrons. The first kappa shape index (κ1) is 6.49. The van der Waals surface area contributed by atoms with Crippen LogP contribution in [0.5, 0.6) is 0 Å². The number of fused-ring (bicyclic) bond motifs is 1. The molecule has 2 rings (SSSR count). The summed E-state index contributed by atoms with van der Waals surface area (Å²) in [6, 6.07) is 0. The Hall–Kier alpha value is -1.22. The smallest absolute Gasteiger partial charge is 0.309 e. The molecule has 0 radical (unpaired) electrons. The van der Waals surface area contributed by atoms with Crippen molar-refractivity contribution in [3.63, 3.8) is 0 Å². The molecule has 11 heavy (non-hydrogen) atoms. The van der Waals surface area contributed by atoms with Crippen LogP contribution >= 0.6 is 0 Å². The second kappa shape index (κ2) is 2.13. The van der Waals surface area contributed by atoms with E-state index < -0.39 is 0 Å². The number of rotatable bonds is 2. The molecule has 2 aliphatic rings. The van der Waals surface area contributed by atoms with E-state index in [-0.39, 0.29) is 18.0 Å². The summed E-state index contributed by atoms with van der Waals surface area (Å²) in [7, 11) is 0. The van der Waals surface area contributed by atoms with Gasteiger partial charge in [-0.3, -0.25) is 4.79 Å². The van der Waals surface area contributed by atoms with Crippen LogP contribution in [0, 0.1) is 11.8 Å². The maximum Gasteiger partial charge on any atom is 0.309 e. The highest BCUT2D eigenvalue weighted by molar-refractivity contribution is 5.78. The molecule has 1 saturated carbocycles. The first-order valence-corrected chi connectivity index (χ1v) is 3.54. The second-order valence-electron chi connectivity index (χ2n) is 2.89. The van der Waals surface area contributed by atoms with Crippen LogP contribution in [0.2, 0.25) is 0 Å². The molecule has 1 aliphatic carbocycles. The molecule has 1 aliphatic heterocycles. The Labute approximate surface area is 63.0 Å². The van der Waals surface area contributed by atoms with Crippen molar-refractivity contribution in [3.8, 4) is 0 Å². The molecule has 3 atom stereocenters. The molecular formula is C6H7N3O2. The van der Waals surface area contributed by atoms with E-state index in [0.29, 0.717) is 12.5 Å². The number of carbonyl (C=O) groups is 1. The summed E-state index contributed by atoms with van der Waals surface area (Å²) in [4.78, 5) is 13.4. The first-order chi connectivity index (χ1) is 5.33. The molecule has 1 heterocycles. The fourth-order valence-corrected chi connectivity index (χ4v) is 1.51. The van der Waals surface area contributed by atoms with Crippen molar-refractivity contribution in [2.75, 3.05) is 6.54 Å². The van der Waals surface area contributed by atoms with Gasteiger partial charge in [0, 0.05) is 10.8 Å². The minimum atomic E-state index is -0.136. The lowest BCUT2D eigenvalue weighted by atomic mass is 10.2. The average Bonchev–Trinajstić information content (AvgIpc) is 2.71. The fourth-order valence-electron chi connectivity index (χ4n) is 1.51. The highest BCUT2D eigenvalue weighted by Crippen LogP contribution is 2.48. The van der Waals surface area contributed by atoms with Gasteiger partial charge >= 0.3 is 5.97 Å². The molecule has 1 saturated heterocycles. The predicted molar refractivity (Wildman–Crippen MR) is 35.5 cm³/mol. The maximum atomic E-state index is 10.8. The average molecular weight is 153 g/mol. The van der Waals surface area contributed by atoms with Gasteiger partial charge in [-0.05, 0) is 12.0 Å². The SMILES string of the molecule is [N-]=[N+]=NC[C@H]1OC(=O)[C@H]2C[C@H]21. The number of ether oxygens (including phenoxy) is 1. The van der Waals surface area contributed by atoms with E-state index in [4.69, 9.17) is 10.3 Å². The van der Waals surface area contributed by atoms with Crippen molar-refractivity contribution in [1.29, 1.82) is 0 Å². The van der Waals surface area contributed by atoms with Gasteiger partial charge in [-0.25, -0.2) is 0 Å². The third-order valence-electron chi connectivity index (χ3n) is 2.21. The van der Waals surface area contributed by atoms with Gasteiger partial charge in [0.15, 0.2) is 0 Å². The highest BCUT2D eigenvalue weighted by Gasteiger charge is 2.56. The van der Waals surface area contributed by atoms with E-state index in [1.54, 1.807) is 0 Å². The molecule has 0 amide bonds. The normalized spacial score (nSPS) is 38.9. The number of azide groups is 1. The van der Waals surface area contributed by atoms with Crippen molar-refractivity contribution in [3.05, 3.63) is 10.4 Å². The van der Waals surface area contributed by atoms with Gasteiger partial charge in [0.2, 0.25) is 0 Å². The molecule has 2 fully saturated rings. The van der Waals surface area contributed by atoms with Crippen LogP contribution in [-0.2, 0) is 9.53 Å². The van der Waals surface area contributed by atoms with E-state index >= 15 is 0 Å². The van der Waals surface area contributed by atoms with Crippen molar-refractivity contribution >= 4 is 5.97 Å². The van der Waals surface area contributed by atoms with Gasteiger partial charge in [0.05, 0.1) is 12.5 Å². The monoisotopic (exact) mass is 153 g/mol. The van der Waals surface area contributed by atoms with Crippen molar-refractivity contribution in [1.82, 2.24) is 0 Å². The lowest BCUT2D eigenvalue weighted by molar-refractivity contribution is -0.144. The van der Waals surface area contributed by atoms with Crippen LogP contribution < -0.4 is 0 Å². The van der Waals surface area contributed by atoms with Gasteiger partial charge in [-0.2, -0.15) is 0 Å². The number of nitrogens with zero attached hydrogens (tertiary/aromatic N) is 3. The third kappa shape index (κ3) is 0.935. The van der Waals surface area contributed by atoms with Crippen LogP contribution in [0.15, 0.2) is 5.11 Å². The van der Waals surface area contributed by atoms with E-state index in [1.807, 2.05) is 0 Å². The van der Waals surface area contributed by atoms with E-state index in [2.05, 4.69) is 10.0 Å². The maximum absolute atomic E-state index is 10.8. The van der Waals surface area contributed by atoms with Gasteiger partial charge in [-0.15, -0.1) is 0 Å². The molecule has 0 N–H and O–H groups in total. The van der Waals surface area contributed by atoms with Gasteiger partial charge in [0.1, 0.15) is 6.10 Å². The van der Waals surface area contributed by atoms with Gasteiger partial charge in [-0.1, -0.05) is 5.11 Å². The van der Waals surface area contributed by atoms with Crippen molar-refractivity contribution in [2.24, 2.45) is 17.0 Å². The minimum Gasteiger partial charge on any atom is -0.462 e. The largest absolute Gasteiger partial charge is 0.462 e. The van der Waals surface area contributed by atoms with Crippen LogP contribution in [0.25, 0.3) is 10.4 Å². The van der Waals surface area contributed by atoms with Gasteiger partial charge in [0.25, 0.3) is 0 Å². The van der Waals surface area contributed by atoms with E-state index in [9.17, 15) is 4.79 Å². The standard InChI is InChI=1S/C6H7N3O2/c7-9-8-2-5-3-1-4(3)6(10)11-5/h3-5H,1-2H2/t3-,4+,5-/m1/s1.